The molecule has 1 aromatic heterocycles. The van der Waals surface area contributed by atoms with E-state index >= 15 is 0 Å². The first-order valence-corrected chi connectivity index (χ1v) is 13.4. The van der Waals surface area contributed by atoms with E-state index in [0.717, 1.165) is 49.6 Å². The lowest BCUT2D eigenvalue weighted by atomic mass is 10.0. The highest BCUT2D eigenvalue weighted by atomic mass is 16.5. The van der Waals surface area contributed by atoms with Crippen LogP contribution in [0.15, 0.2) is 36.7 Å². The number of aromatic nitrogens is 2. The van der Waals surface area contributed by atoms with Crippen molar-refractivity contribution in [3.05, 3.63) is 42.2 Å². The maximum absolute atomic E-state index is 5.82. The van der Waals surface area contributed by atoms with Crippen LogP contribution < -0.4 is 4.74 Å². The molecule has 1 atom stereocenters. The Hall–Kier alpha value is -1.94. The maximum atomic E-state index is 5.82. The minimum Gasteiger partial charge on any atom is -0.490 e. The van der Waals surface area contributed by atoms with E-state index in [0.29, 0.717) is 6.10 Å². The van der Waals surface area contributed by atoms with E-state index in [4.69, 9.17) is 9.47 Å². The summed E-state index contributed by atoms with van der Waals surface area (Å²) in [6, 6.07) is 8.66. The van der Waals surface area contributed by atoms with E-state index in [1.165, 1.54) is 69.8 Å². The van der Waals surface area contributed by atoms with Crippen LogP contribution in [0, 0.1) is 0 Å². The quantitative estimate of drug-likeness (QED) is 0.201. The van der Waals surface area contributed by atoms with Gasteiger partial charge in [-0.3, -0.25) is 0 Å². The highest BCUT2D eigenvalue weighted by Crippen LogP contribution is 2.19. The molecule has 0 aliphatic rings. The maximum Gasteiger partial charge on any atom is 0.159 e. The highest BCUT2D eigenvalue weighted by molar-refractivity contribution is 5.55. The Morgan fingerprint density at radius 3 is 2.06 bits per heavy atom. The van der Waals surface area contributed by atoms with E-state index in [9.17, 15) is 0 Å². The first kappa shape index (κ1) is 27.3. The summed E-state index contributed by atoms with van der Waals surface area (Å²) in [5, 5.41) is 0. The van der Waals surface area contributed by atoms with E-state index in [-0.39, 0.29) is 0 Å². The minimum absolute atomic E-state index is 0.385. The molecule has 1 unspecified atom stereocenters. The molecule has 2 aromatic rings. The third-order valence-electron chi connectivity index (χ3n) is 6.13. The molecule has 0 aliphatic carbocycles. The van der Waals surface area contributed by atoms with E-state index < -0.39 is 0 Å². The number of benzene rings is 1. The van der Waals surface area contributed by atoms with Gasteiger partial charge in [0.1, 0.15) is 0 Å². The molecule has 1 aromatic carbocycles. The van der Waals surface area contributed by atoms with Gasteiger partial charge in [0.25, 0.3) is 0 Å². The monoisotopic (exact) mass is 454 g/mol. The summed E-state index contributed by atoms with van der Waals surface area (Å²) in [6.07, 6.45) is 20.4. The Morgan fingerprint density at radius 2 is 1.39 bits per heavy atom. The van der Waals surface area contributed by atoms with Crippen molar-refractivity contribution in [1.82, 2.24) is 9.97 Å². The first-order chi connectivity index (χ1) is 16.2. The largest absolute Gasteiger partial charge is 0.490 e. The summed E-state index contributed by atoms with van der Waals surface area (Å²) in [5.74, 6) is 1.52. The van der Waals surface area contributed by atoms with Crippen molar-refractivity contribution in [1.29, 1.82) is 0 Å². The standard InChI is InChI=1S/C29H46N2O2/c1-4-6-7-8-9-10-11-15-22-33-28-23-30-29(31-24-28)27-20-18-26(19-21-27)17-14-12-13-16-25(3)32-5-2/h18-21,23-25H,4-17,22H2,1-3H3. The average molecular weight is 455 g/mol. The molecule has 0 N–H and O–H groups in total. The van der Waals surface area contributed by atoms with Gasteiger partial charge < -0.3 is 9.47 Å². The van der Waals surface area contributed by atoms with Crippen molar-refractivity contribution < 1.29 is 9.47 Å². The summed E-state index contributed by atoms with van der Waals surface area (Å²) in [5.41, 5.74) is 2.43. The zero-order valence-electron chi connectivity index (χ0n) is 21.4. The SMILES string of the molecule is CCCCCCCCCCOc1cnc(-c2ccc(CCCCCC(C)OCC)cc2)nc1. The molecule has 0 saturated carbocycles. The lowest BCUT2D eigenvalue weighted by molar-refractivity contribution is 0.0684. The molecular formula is C29H46N2O2. The Kier molecular flexibility index (Phi) is 14.5. The van der Waals surface area contributed by atoms with Crippen molar-refractivity contribution in [3.63, 3.8) is 0 Å². The fourth-order valence-electron chi connectivity index (χ4n) is 4.09. The molecule has 1 heterocycles. The Balaban J connectivity index is 1.61. The molecule has 0 spiro atoms. The lowest BCUT2D eigenvalue weighted by Crippen LogP contribution is -2.07. The fraction of sp³-hybridized carbons (Fsp3) is 0.655. The smallest absolute Gasteiger partial charge is 0.159 e. The Bertz CT molecular complexity index is 715. The summed E-state index contributed by atoms with van der Waals surface area (Å²) < 4.78 is 11.4. The molecule has 4 nitrogen and oxygen atoms in total. The predicted molar refractivity (Wildman–Crippen MR) is 139 cm³/mol. The van der Waals surface area contributed by atoms with Gasteiger partial charge in [0, 0.05) is 12.2 Å². The van der Waals surface area contributed by atoms with Crippen LogP contribution in [-0.4, -0.2) is 29.3 Å². The van der Waals surface area contributed by atoms with Gasteiger partial charge in [0.2, 0.25) is 0 Å². The van der Waals surface area contributed by atoms with Gasteiger partial charge >= 0.3 is 0 Å². The number of hydrogen-bond donors (Lipinski definition) is 0. The molecule has 0 radical (unpaired) electrons. The first-order valence-electron chi connectivity index (χ1n) is 13.4. The molecule has 184 valence electrons. The highest BCUT2D eigenvalue weighted by Gasteiger charge is 2.04. The van der Waals surface area contributed by atoms with Gasteiger partial charge in [-0.2, -0.15) is 0 Å². The summed E-state index contributed by atoms with van der Waals surface area (Å²) >= 11 is 0. The topological polar surface area (TPSA) is 44.2 Å². The Labute approximate surface area is 202 Å². The van der Waals surface area contributed by atoms with Gasteiger partial charge in [-0.25, -0.2) is 9.97 Å². The summed E-state index contributed by atoms with van der Waals surface area (Å²) in [7, 11) is 0. The average Bonchev–Trinajstić information content (AvgIpc) is 2.84. The van der Waals surface area contributed by atoms with Gasteiger partial charge in [0.05, 0.1) is 25.1 Å². The molecule has 0 bridgehead atoms. The predicted octanol–water partition coefficient (Wildman–Crippen LogP) is 8.19. The van der Waals surface area contributed by atoms with Crippen molar-refractivity contribution >= 4 is 0 Å². The molecular weight excluding hydrogens is 408 g/mol. The van der Waals surface area contributed by atoms with Crippen LogP contribution in [0.25, 0.3) is 11.4 Å². The van der Waals surface area contributed by atoms with Gasteiger partial charge in [-0.1, -0.05) is 89.0 Å². The third-order valence-corrected chi connectivity index (χ3v) is 6.13. The zero-order chi connectivity index (χ0) is 23.6. The summed E-state index contributed by atoms with van der Waals surface area (Å²) in [6.45, 7) is 8.05. The van der Waals surface area contributed by atoms with Crippen LogP contribution in [0.2, 0.25) is 0 Å². The van der Waals surface area contributed by atoms with Crippen molar-refractivity contribution in [3.8, 4) is 17.1 Å². The number of hydrogen-bond acceptors (Lipinski definition) is 4. The van der Waals surface area contributed by atoms with Crippen LogP contribution in [0.3, 0.4) is 0 Å². The number of nitrogens with zero attached hydrogens (tertiary/aromatic N) is 2. The second-order valence-corrected chi connectivity index (χ2v) is 9.13. The van der Waals surface area contributed by atoms with Crippen LogP contribution >= 0.6 is 0 Å². The van der Waals surface area contributed by atoms with E-state index in [1.54, 1.807) is 12.4 Å². The van der Waals surface area contributed by atoms with Crippen molar-refractivity contribution in [2.24, 2.45) is 0 Å². The number of rotatable bonds is 19. The van der Waals surface area contributed by atoms with Crippen LogP contribution in [0.5, 0.6) is 5.75 Å². The van der Waals surface area contributed by atoms with Gasteiger partial charge in [-0.05, 0) is 45.1 Å². The van der Waals surface area contributed by atoms with Gasteiger partial charge in [-0.15, -0.1) is 0 Å². The fourth-order valence-corrected chi connectivity index (χ4v) is 4.09. The van der Waals surface area contributed by atoms with Gasteiger partial charge in [0.15, 0.2) is 11.6 Å². The minimum atomic E-state index is 0.385. The molecule has 2 rings (SSSR count). The summed E-state index contributed by atoms with van der Waals surface area (Å²) in [4.78, 5) is 9.01. The number of unbranched alkanes of at least 4 members (excludes halogenated alkanes) is 9. The second kappa shape index (κ2) is 17.5. The molecule has 33 heavy (non-hydrogen) atoms. The van der Waals surface area contributed by atoms with E-state index in [1.807, 2.05) is 0 Å². The van der Waals surface area contributed by atoms with Crippen LogP contribution in [0.1, 0.15) is 103 Å². The molecule has 0 amide bonds. The normalized spacial score (nSPS) is 12.1. The second-order valence-electron chi connectivity index (χ2n) is 9.13. The molecule has 0 fully saturated rings. The number of aryl methyl sites for hydroxylation is 1. The third kappa shape index (κ3) is 12.2. The Morgan fingerprint density at radius 1 is 0.758 bits per heavy atom. The van der Waals surface area contributed by atoms with Crippen LogP contribution in [0.4, 0.5) is 0 Å². The molecule has 4 heteroatoms. The van der Waals surface area contributed by atoms with Crippen molar-refractivity contribution in [2.45, 2.75) is 110 Å². The number of ether oxygens (including phenoxy) is 2. The van der Waals surface area contributed by atoms with Crippen molar-refractivity contribution in [2.75, 3.05) is 13.2 Å². The molecule has 0 aliphatic heterocycles. The van der Waals surface area contributed by atoms with E-state index in [2.05, 4.69) is 55.0 Å². The lowest BCUT2D eigenvalue weighted by Gasteiger charge is -2.10. The zero-order valence-corrected chi connectivity index (χ0v) is 21.4. The van der Waals surface area contributed by atoms with Crippen LogP contribution in [-0.2, 0) is 11.2 Å². The molecule has 0 saturated heterocycles.